The molecular weight excluding hydrogens is 506 g/mol. The van der Waals surface area contributed by atoms with Crippen LogP contribution in [0.1, 0.15) is 26.3 Å². The van der Waals surface area contributed by atoms with Crippen molar-refractivity contribution in [3.05, 3.63) is 62.6 Å². The van der Waals surface area contributed by atoms with Crippen molar-refractivity contribution in [1.29, 1.82) is 0 Å². The van der Waals surface area contributed by atoms with Crippen LogP contribution >= 0.6 is 11.8 Å². The molecule has 0 radical (unpaired) electrons. The van der Waals surface area contributed by atoms with E-state index in [1.807, 2.05) is 4.98 Å². The number of rotatable bonds is 6. The number of aromatic nitrogens is 2. The predicted octanol–water partition coefficient (Wildman–Crippen LogP) is 4.02. The minimum absolute atomic E-state index is 0.0186. The molecule has 1 heterocycles. The maximum Gasteiger partial charge on any atom is 0.417 e. The molecule has 0 unspecified atom stereocenters. The highest BCUT2D eigenvalue weighted by molar-refractivity contribution is 7.99. The third-order valence-corrected chi connectivity index (χ3v) is 6.07. The van der Waals surface area contributed by atoms with Gasteiger partial charge >= 0.3 is 18.0 Å². The van der Waals surface area contributed by atoms with Crippen molar-refractivity contribution in [2.45, 2.75) is 43.5 Å². The summed E-state index contributed by atoms with van der Waals surface area (Å²) in [5, 5.41) is 11.7. The lowest BCUT2D eigenvalue weighted by molar-refractivity contribution is -0.137. The van der Waals surface area contributed by atoms with Crippen molar-refractivity contribution < 1.29 is 32.2 Å². The lowest BCUT2D eigenvalue weighted by Gasteiger charge is -2.23. The van der Waals surface area contributed by atoms with Crippen molar-refractivity contribution >= 4 is 28.8 Å². The summed E-state index contributed by atoms with van der Waals surface area (Å²) in [4.78, 5) is 40.6. The number of ether oxygens (including phenoxy) is 1. The van der Waals surface area contributed by atoms with Gasteiger partial charge in [-0.1, -0.05) is 12.1 Å². The molecular formula is C23H23F4N3O5S. The van der Waals surface area contributed by atoms with E-state index in [1.54, 1.807) is 20.8 Å². The van der Waals surface area contributed by atoms with Gasteiger partial charge in [0.2, 0.25) is 0 Å². The van der Waals surface area contributed by atoms with E-state index in [4.69, 9.17) is 4.74 Å². The number of benzene rings is 2. The molecule has 8 nitrogen and oxygen atoms in total. The summed E-state index contributed by atoms with van der Waals surface area (Å²) in [6, 6.07) is 3.91. The van der Waals surface area contributed by atoms with Crippen LogP contribution in [-0.2, 0) is 10.9 Å². The molecule has 0 spiro atoms. The number of hydrogen-bond acceptors (Lipinski definition) is 6. The van der Waals surface area contributed by atoms with E-state index in [0.717, 1.165) is 36.0 Å². The third-order valence-electron chi connectivity index (χ3n) is 4.80. The van der Waals surface area contributed by atoms with Gasteiger partial charge in [0.15, 0.2) is 0 Å². The van der Waals surface area contributed by atoms with Gasteiger partial charge in [0.1, 0.15) is 11.4 Å². The van der Waals surface area contributed by atoms with E-state index >= 15 is 0 Å². The molecule has 3 aromatic rings. The fourth-order valence-electron chi connectivity index (χ4n) is 3.35. The Bertz CT molecular complexity index is 1380. The molecule has 0 bridgehead atoms. The Balaban J connectivity index is 2.18. The lowest BCUT2D eigenvalue weighted by Crippen LogP contribution is -2.42. The second kappa shape index (κ2) is 10.3. The summed E-state index contributed by atoms with van der Waals surface area (Å²) in [7, 11) is 0. The van der Waals surface area contributed by atoms with Crippen LogP contribution in [0.15, 0.2) is 44.8 Å². The van der Waals surface area contributed by atoms with Gasteiger partial charge < -0.3 is 20.1 Å². The van der Waals surface area contributed by atoms with Crippen LogP contribution in [0.3, 0.4) is 0 Å². The van der Waals surface area contributed by atoms with Gasteiger partial charge in [-0.3, -0.25) is 9.78 Å². The summed E-state index contributed by atoms with van der Waals surface area (Å²) in [5.41, 5.74) is -4.56. The number of nitrogens with one attached hydrogen (secondary N) is 3. The fourth-order valence-corrected chi connectivity index (χ4v) is 4.58. The average molecular weight is 530 g/mol. The molecule has 0 saturated heterocycles. The van der Waals surface area contributed by atoms with Crippen molar-refractivity contribution in [3.63, 3.8) is 0 Å². The predicted molar refractivity (Wildman–Crippen MR) is 127 cm³/mol. The SMILES string of the molecule is CC(C)(C)OC(=O)N[C@@H](CO)CSc1c(-c2ccc(F)cc2)c(C(F)(F)F)cc2c(=O)[nH]c(=O)[nH]c12. The summed E-state index contributed by atoms with van der Waals surface area (Å²) in [6.45, 7) is 4.32. The Morgan fingerprint density at radius 3 is 2.33 bits per heavy atom. The molecule has 1 aromatic heterocycles. The quantitative estimate of drug-likeness (QED) is 0.283. The minimum Gasteiger partial charge on any atom is -0.444 e. The number of aliphatic hydroxyl groups excluding tert-OH is 1. The maximum atomic E-state index is 14.1. The Labute approximate surface area is 206 Å². The van der Waals surface area contributed by atoms with E-state index < -0.39 is 64.1 Å². The number of halogens is 4. The Morgan fingerprint density at radius 2 is 1.78 bits per heavy atom. The van der Waals surface area contributed by atoms with Crippen LogP contribution in [0, 0.1) is 5.82 Å². The lowest BCUT2D eigenvalue weighted by atomic mass is 9.97. The van der Waals surface area contributed by atoms with Crippen LogP contribution in [0.2, 0.25) is 0 Å². The van der Waals surface area contributed by atoms with Gasteiger partial charge in [-0.2, -0.15) is 13.2 Å². The van der Waals surface area contributed by atoms with Gasteiger partial charge in [-0.05, 0) is 44.5 Å². The Kier molecular flexibility index (Phi) is 7.84. The zero-order chi connectivity index (χ0) is 26.8. The normalized spacial score (nSPS) is 13.0. The van der Waals surface area contributed by atoms with Crippen LogP contribution < -0.4 is 16.6 Å². The summed E-state index contributed by atoms with van der Waals surface area (Å²) in [6.07, 6.45) is -5.76. The number of alkyl halides is 3. The van der Waals surface area contributed by atoms with Gasteiger partial charge in [-0.25, -0.2) is 14.0 Å². The highest BCUT2D eigenvalue weighted by Crippen LogP contribution is 2.45. The summed E-state index contributed by atoms with van der Waals surface area (Å²) < 4.78 is 61.1. The van der Waals surface area contributed by atoms with Crippen molar-refractivity contribution in [3.8, 4) is 11.1 Å². The van der Waals surface area contributed by atoms with Gasteiger partial charge in [0, 0.05) is 16.2 Å². The molecule has 36 heavy (non-hydrogen) atoms. The average Bonchev–Trinajstić information content (AvgIpc) is 2.74. The molecule has 1 atom stereocenters. The molecule has 0 fully saturated rings. The number of aliphatic hydroxyl groups is 1. The number of aromatic amines is 2. The smallest absolute Gasteiger partial charge is 0.417 e. The summed E-state index contributed by atoms with van der Waals surface area (Å²) in [5.74, 6) is -0.830. The molecule has 1 amide bonds. The van der Waals surface area contributed by atoms with Crippen molar-refractivity contribution in [1.82, 2.24) is 15.3 Å². The first-order chi connectivity index (χ1) is 16.7. The molecule has 3 rings (SSSR count). The zero-order valence-electron chi connectivity index (χ0n) is 19.4. The first kappa shape index (κ1) is 27.3. The Hall–Kier alpha value is -3.32. The van der Waals surface area contributed by atoms with E-state index in [-0.39, 0.29) is 21.7 Å². The number of H-pyrrole nitrogens is 2. The van der Waals surface area contributed by atoms with Crippen LogP contribution in [-0.4, -0.2) is 45.2 Å². The van der Waals surface area contributed by atoms with E-state index in [9.17, 15) is 37.1 Å². The molecule has 194 valence electrons. The van der Waals surface area contributed by atoms with Gasteiger partial charge in [0.05, 0.1) is 29.1 Å². The third kappa shape index (κ3) is 6.46. The molecule has 0 saturated carbocycles. The standard InChI is InChI=1S/C23H23F4N3O5S/c1-22(2,3)35-21(34)28-13(9-31)10-36-18-16(11-4-6-12(24)7-5-11)15(23(25,26)27)8-14-17(18)29-20(33)30-19(14)32/h4-8,13,31H,9-10H2,1-3H3,(H,28,34)(H2,29,30,32,33)/t13-/m0/s1. The number of hydrogen-bond donors (Lipinski definition) is 4. The number of carbonyl (C=O) groups is 1. The van der Waals surface area contributed by atoms with Crippen molar-refractivity contribution in [2.75, 3.05) is 12.4 Å². The summed E-state index contributed by atoms with van der Waals surface area (Å²) >= 11 is 0.769. The second-order valence-corrected chi connectivity index (χ2v) is 9.83. The second-order valence-electron chi connectivity index (χ2n) is 8.80. The van der Waals surface area contributed by atoms with Crippen molar-refractivity contribution in [2.24, 2.45) is 0 Å². The number of alkyl carbamates (subject to hydrolysis) is 1. The van der Waals surface area contributed by atoms with Crippen LogP contribution in [0.4, 0.5) is 22.4 Å². The number of thioether (sulfide) groups is 1. The minimum atomic E-state index is -4.92. The van der Waals surface area contributed by atoms with E-state index in [0.29, 0.717) is 6.07 Å². The van der Waals surface area contributed by atoms with E-state index in [2.05, 4.69) is 10.3 Å². The number of carbonyl (C=O) groups excluding carboxylic acids is 1. The molecule has 2 aromatic carbocycles. The van der Waals surface area contributed by atoms with Gasteiger partial charge in [0.25, 0.3) is 5.56 Å². The highest BCUT2D eigenvalue weighted by Gasteiger charge is 2.36. The molecule has 4 N–H and O–H groups in total. The molecule has 0 aliphatic heterocycles. The zero-order valence-corrected chi connectivity index (χ0v) is 20.2. The van der Waals surface area contributed by atoms with Crippen LogP contribution in [0.5, 0.6) is 0 Å². The first-order valence-electron chi connectivity index (χ1n) is 10.6. The maximum absolute atomic E-state index is 14.1. The topological polar surface area (TPSA) is 124 Å². The number of fused-ring (bicyclic) bond motifs is 1. The number of amides is 1. The van der Waals surface area contributed by atoms with Gasteiger partial charge in [-0.15, -0.1) is 11.8 Å². The monoisotopic (exact) mass is 529 g/mol. The largest absolute Gasteiger partial charge is 0.444 e. The molecule has 0 aliphatic carbocycles. The van der Waals surface area contributed by atoms with E-state index in [1.165, 1.54) is 0 Å². The first-order valence-corrected chi connectivity index (χ1v) is 11.6. The molecule has 13 heteroatoms. The fraction of sp³-hybridized carbons (Fsp3) is 0.348. The highest BCUT2D eigenvalue weighted by atomic mass is 32.2. The Morgan fingerprint density at radius 1 is 1.14 bits per heavy atom. The van der Waals surface area contributed by atoms with Crippen LogP contribution in [0.25, 0.3) is 22.0 Å². The molecule has 0 aliphatic rings.